The first kappa shape index (κ1) is 15.4. The molecule has 0 unspecified atom stereocenters. The van der Waals surface area contributed by atoms with Crippen LogP contribution in [0.3, 0.4) is 0 Å². The molecule has 0 radical (unpaired) electrons. The van der Waals surface area contributed by atoms with Crippen LogP contribution in [0.4, 0.5) is 5.13 Å². The van der Waals surface area contributed by atoms with Crippen LogP contribution in [0, 0.1) is 13.8 Å². The number of furan rings is 1. The number of amides is 2. The van der Waals surface area contributed by atoms with E-state index in [1.165, 1.54) is 17.5 Å². The van der Waals surface area contributed by atoms with Crippen molar-refractivity contribution in [2.45, 2.75) is 13.8 Å². The van der Waals surface area contributed by atoms with Crippen LogP contribution in [0.5, 0.6) is 0 Å². The number of primary amides is 1. The third-order valence-corrected chi connectivity index (χ3v) is 5.02. The Balaban J connectivity index is 1.82. The summed E-state index contributed by atoms with van der Waals surface area (Å²) in [6.07, 6.45) is 1.33. The Labute approximate surface area is 139 Å². The van der Waals surface area contributed by atoms with Gasteiger partial charge in [0.25, 0.3) is 11.8 Å². The number of nitrogens with zero attached hydrogens (tertiary/aromatic N) is 2. The molecular weight excluding hydrogens is 336 g/mol. The summed E-state index contributed by atoms with van der Waals surface area (Å²) in [6, 6.07) is 3.65. The maximum absolute atomic E-state index is 12.3. The van der Waals surface area contributed by atoms with Gasteiger partial charge in [0.2, 0.25) is 0 Å². The van der Waals surface area contributed by atoms with E-state index in [1.54, 1.807) is 6.92 Å². The zero-order valence-corrected chi connectivity index (χ0v) is 13.9. The summed E-state index contributed by atoms with van der Waals surface area (Å²) in [6.45, 7) is 3.60. The van der Waals surface area contributed by atoms with Gasteiger partial charge in [-0.2, -0.15) is 0 Å². The lowest BCUT2D eigenvalue weighted by Gasteiger charge is -1.98. The molecule has 0 atom stereocenters. The molecule has 3 N–H and O–H groups in total. The zero-order chi connectivity index (χ0) is 16.6. The van der Waals surface area contributed by atoms with Gasteiger partial charge in [0.15, 0.2) is 15.9 Å². The maximum Gasteiger partial charge on any atom is 0.269 e. The number of thiazole rings is 2. The fourth-order valence-corrected chi connectivity index (χ4v) is 3.45. The average molecular weight is 348 g/mol. The van der Waals surface area contributed by atoms with E-state index >= 15 is 0 Å². The summed E-state index contributed by atoms with van der Waals surface area (Å²) in [5.74, 6) is 0.493. The topological polar surface area (TPSA) is 111 Å². The van der Waals surface area contributed by atoms with Crippen LogP contribution in [0.2, 0.25) is 0 Å². The second-order valence-electron chi connectivity index (χ2n) is 4.69. The molecule has 0 saturated heterocycles. The predicted molar refractivity (Wildman–Crippen MR) is 87.9 cm³/mol. The lowest BCUT2D eigenvalue weighted by molar-refractivity contribution is 0.100. The standard InChI is InChI=1S/C14H12N4O3S2/c1-6-3-4-8(21-6)13-17-7(2)10(23-13)12(20)18-14-16-5-9(22-14)11(15)19/h3-5H,1-2H3,(H2,15,19)(H,16,18,20). The van der Waals surface area contributed by atoms with E-state index in [2.05, 4.69) is 15.3 Å². The normalized spacial score (nSPS) is 10.7. The Kier molecular flexibility index (Phi) is 3.97. The molecule has 7 nitrogen and oxygen atoms in total. The van der Waals surface area contributed by atoms with E-state index in [9.17, 15) is 9.59 Å². The monoisotopic (exact) mass is 348 g/mol. The minimum Gasteiger partial charge on any atom is -0.459 e. The van der Waals surface area contributed by atoms with E-state index in [1.807, 2.05) is 19.1 Å². The van der Waals surface area contributed by atoms with Gasteiger partial charge in [0.1, 0.15) is 15.5 Å². The Hall–Kier alpha value is -2.52. The Morgan fingerprint density at radius 3 is 2.65 bits per heavy atom. The minimum absolute atomic E-state index is 0.285. The number of hydrogen-bond acceptors (Lipinski definition) is 7. The second-order valence-corrected chi connectivity index (χ2v) is 6.72. The highest BCUT2D eigenvalue weighted by atomic mass is 32.1. The summed E-state index contributed by atoms with van der Waals surface area (Å²) >= 11 is 2.26. The Morgan fingerprint density at radius 2 is 2.04 bits per heavy atom. The molecule has 118 valence electrons. The van der Waals surface area contributed by atoms with Crippen molar-refractivity contribution in [2.75, 3.05) is 5.32 Å². The molecule has 0 saturated carbocycles. The first-order valence-electron chi connectivity index (χ1n) is 6.55. The summed E-state index contributed by atoms with van der Waals surface area (Å²) in [5.41, 5.74) is 5.76. The third-order valence-electron chi connectivity index (χ3n) is 2.92. The van der Waals surface area contributed by atoms with Crippen molar-refractivity contribution in [1.29, 1.82) is 0 Å². The first-order chi connectivity index (χ1) is 10.9. The molecule has 3 aromatic rings. The van der Waals surface area contributed by atoms with Crippen LogP contribution >= 0.6 is 22.7 Å². The van der Waals surface area contributed by atoms with Gasteiger partial charge < -0.3 is 10.2 Å². The average Bonchev–Trinajstić information content (AvgIpc) is 3.18. The van der Waals surface area contributed by atoms with Crippen LogP contribution in [0.1, 0.15) is 30.8 Å². The molecule has 3 rings (SSSR count). The van der Waals surface area contributed by atoms with Gasteiger partial charge in [0, 0.05) is 0 Å². The molecule has 3 aromatic heterocycles. The number of hydrogen-bond donors (Lipinski definition) is 2. The van der Waals surface area contributed by atoms with Crippen molar-refractivity contribution in [3.05, 3.63) is 39.5 Å². The number of anilines is 1. The largest absolute Gasteiger partial charge is 0.459 e. The van der Waals surface area contributed by atoms with Gasteiger partial charge in [0.05, 0.1) is 11.9 Å². The molecule has 0 aliphatic carbocycles. The van der Waals surface area contributed by atoms with Crippen LogP contribution < -0.4 is 11.1 Å². The van der Waals surface area contributed by atoms with Gasteiger partial charge in [-0.1, -0.05) is 11.3 Å². The highest BCUT2D eigenvalue weighted by Crippen LogP contribution is 2.30. The van der Waals surface area contributed by atoms with Crippen molar-refractivity contribution in [1.82, 2.24) is 9.97 Å². The van der Waals surface area contributed by atoms with Gasteiger partial charge >= 0.3 is 0 Å². The van der Waals surface area contributed by atoms with E-state index in [0.717, 1.165) is 17.1 Å². The molecule has 0 aliphatic heterocycles. The van der Waals surface area contributed by atoms with Crippen molar-refractivity contribution in [3.8, 4) is 10.8 Å². The van der Waals surface area contributed by atoms with Gasteiger partial charge in [-0.3, -0.25) is 14.9 Å². The fourth-order valence-electron chi connectivity index (χ4n) is 1.86. The number of carbonyl (C=O) groups excluding carboxylic acids is 2. The number of aryl methyl sites for hydroxylation is 2. The minimum atomic E-state index is -0.576. The molecule has 23 heavy (non-hydrogen) atoms. The fraction of sp³-hybridized carbons (Fsp3) is 0.143. The highest BCUT2D eigenvalue weighted by Gasteiger charge is 2.19. The van der Waals surface area contributed by atoms with Crippen molar-refractivity contribution in [2.24, 2.45) is 5.73 Å². The van der Waals surface area contributed by atoms with E-state index in [0.29, 0.717) is 26.5 Å². The van der Waals surface area contributed by atoms with E-state index in [4.69, 9.17) is 10.2 Å². The zero-order valence-electron chi connectivity index (χ0n) is 12.2. The van der Waals surface area contributed by atoms with Crippen LogP contribution in [0.25, 0.3) is 10.8 Å². The summed E-state index contributed by atoms with van der Waals surface area (Å²) in [5, 5.41) is 3.59. The molecule has 9 heteroatoms. The molecular formula is C14H12N4O3S2. The number of carbonyl (C=O) groups is 2. The quantitative estimate of drug-likeness (QED) is 0.753. The SMILES string of the molecule is Cc1ccc(-c2nc(C)c(C(=O)Nc3ncc(C(N)=O)s3)s2)o1. The lowest BCUT2D eigenvalue weighted by Crippen LogP contribution is -2.11. The molecule has 0 aliphatic rings. The number of rotatable bonds is 4. The van der Waals surface area contributed by atoms with E-state index < -0.39 is 5.91 Å². The number of nitrogens with two attached hydrogens (primary N) is 1. The van der Waals surface area contributed by atoms with Crippen LogP contribution in [0.15, 0.2) is 22.7 Å². The molecule has 2 amide bonds. The van der Waals surface area contributed by atoms with Crippen molar-refractivity contribution in [3.63, 3.8) is 0 Å². The first-order valence-corrected chi connectivity index (χ1v) is 8.18. The molecule has 0 spiro atoms. The van der Waals surface area contributed by atoms with Crippen molar-refractivity contribution < 1.29 is 14.0 Å². The van der Waals surface area contributed by atoms with Crippen LogP contribution in [-0.2, 0) is 0 Å². The maximum atomic E-state index is 12.3. The molecule has 0 fully saturated rings. The van der Waals surface area contributed by atoms with E-state index in [-0.39, 0.29) is 10.8 Å². The van der Waals surface area contributed by atoms with Gasteiger partial charge in [-0.25, -0.2) is 9.97 Å². The predicted octanol–water partition coefficient (Wildman–Crippen LogP) is 2.83. The lowest BCUT2D eigenvalue weighted by atomic mass is 10.4. The summed E-state index contributed by atoms with van der Waals surface area (Å²) in [7, 11) is 0. The van der Waals surface area contributed by atoms with Gasteiger partial charge in [-0.05, 0) is 26.0 Å². The van der Waals surface area contributed by atoms with Gasteiger partial charge in [-0.15, -0.1) is 11.3 Å². The second kappa shape index (κ2) is 5.94. The Morgan fingerprint density at radius 1 is 1.26 bits per heavy atom. The third kappa shape index (κ3) is 3.15. The van der Waals surface area contributed by atoms with Crippen LogP contribution in [-0.4, -0.2) is 21.8 Å². The molecule has 0 aromatic carbocycles. The van der Waals surface area contributed by atoms with Crippen molar-refractivity contribution >= 4 is 39.6 Å². The smallest absolute Gasteiger partial charge is 0.269 e. The molecule has 3 heterocycles. The summed E-state index contributed by atoms with van der Waals surface area (Å²) < 4.78 is 5.52. The Bertz CT molecular complexity index is 894. The number of aromatic nitrogens is 2. The summed E-state index contributed by atoms with van der Waals surface area (Å²) in [4.78, 5) is 32.5. The molecule has 0 bridgehead atoms. The highest BCUT2D eigenvalue weighted by molar-refractivity contribution is 7.18. The number of nitrogens with one attached hydrogen (secondary N) is 1.